The molecule has 0 fully saturated rings. The first-order valence-corrected chi connectivity index (χ1v) is 7.78. The number of carbonyl (C=O) groups excluding carboxylic acids is 1. The van der Waals surface area contributed by atoms with Crippen LogP contribution in [0.2, 0.25) is 0 Å². The standard InChI is InChI=1S/C20H17N3O/c21-14-7-15-23(17-10-2-1-3-11-17)20(24)22-19-13-6-9-16-8-4-5-12-18(16)19/h1-6,8-13H,7,15H2,(H,22,24). The molecule has 118 valence electrons. The predicted molar refractivity (Wildman–Crippen MR) is 97.0 cm³/mol. The number of carbonyl (C=O) groups is 1. The van der Waals surface area contributed by atoms with Gasteiger partial charge >= 0.3 is 6.03 Å². The lowest BCUT2D eigenvalue weighted by Gasteiger charge is -2.22. The summed E-state index contributed by atoms with van der Waals surface area (Å²) in [5.41, 5.74) is 1.53. The largest absolute Gasteiger partial charge is 0.326 e. The Hall–Kier alpha value is -3.32. The van der Waals surface area contributed by atoms with Gasteiger partial charge in [0.25, 0.3) is 0 Å². The van der Waals surface area contributed by atoms with E-state index in [1.54, 1.807) is 4.90 Å². The van der Waals surface area contributed by atoms with E-state index >= 15 is 0 Å². The maximum Gasteiger partial charge on any atom is 0.326 e. The topological polar surface area (TPSA) is 56.1 Å². The highest BCUT2D eigenvalue weighted by Gasteiger charge is 2.16. The summed E-state index contributed by atoms with van der Waals surface area (Å²) in [7, 11) is 0. The minimum absolute atomic E-state index is 0.243. The number of nitrogens with one attached hydrogen (secondary N) is 1. The van der Waals surface area contributed by atoms with Gasteiger partial charge < -0.3 is 5.32 Å². The fourth-order valence-corrected chi connectivity index (χ4v) is 2.63. The van der Waals surface area contributed by atoms with E-state index in [2.05, 4.69) is 11.4 Å². The van der Waals surface area contributed by atoms with Gasteiger partial charge in [-0.3, -0.25) is 4.90 Å². The van der Waals surface area contributed by atoms with Crippen molar-refractivity contribution >= 4 is 28.2 Å². The van der Waals surface area contributed by atoms with Gasteiger partial charge in [0.15, 0.2) is 0 Å². The molecule has 0 radical (unpaired) electrons. The second kappa shape index (κ2) is 7.30. The molecule has 0 bridgehead atoms. The van der Waals surface area contributed by atoms with E-state index in [0.29, 0.717) is 6.54 Å². The fraction of sp³-hybridized carbons (Fsp3) is 0.100. The Balaban J connectivity index is 1.89. The second-order valence-corrected chi connectivity index (χ2v) is 5.35. The monoisotopic (exact) mass is 315 g/mol. The first-order chi connectivity index (χ1) is 11.8. The van der Waals surface area contributed by atoms with Gasteiger partial charge in [-0.15, -0.1) is 0 Å². The molecule has 3 aromatic rings. The Morgan fingerprint density at radius 1 is 0.958 bits per heavy atom. The summed E-state index contributed by atoms with van der Waals surface area (Å²) in [6, 6.07) is 24.9. The van der Waals surface area contributed by atoms with Crippen molar-refractivity contribution in [3.05, 3.63) is 72.8 Å². The van der Waals surface area contributed by atoms with E-state index in [1.165, 1.54) is 0 Å². The zero-order valence-corrected chi connectivity index (χ0v) is 13.1. The Morgan fingerprint density at radius 3 is 2.46 bits per heavy atom. The summed E-state index contributed by atoms with van der Waals surface area (Å²) in [5.74, 6) is 0. The average Bonchev–Trinajstić information content (AvgIpc) is 2.63. The smallest absolute Gasteiger partial charge is 0.307 e. The van der Waals surface area contributed by atoms with Crippen LogP contribution < -0.4 is 10.2 Å². The molecule has 0 saturated heterocycles. The van der Waals surface area contributed by atoms with Crippen molar-refractivity contribution in [2.45, 2.75) is 6.42 Å². The fourth-order valence-electron chi connectivity index (χ4n) is 2.63. The SMILES string of the molecule is N#CCCN(C(=O)Nc1cccc2ccccc12)c1ccccc1. The number of para-hydroxylation sites is 1. The molecule has 3 rings (SSSR count). The van der Waals surface area contributed by atoms with Gasteiger partial charge in [0, 0.05) is 17.6 Å². The average molecular weight is 315 g/mol. The number of nitriles is 1. The molecular formula is C20H17N3O. The van der Waals surface area contributed by atoms with Crippen LogP contribution in [0, 0.1) is 11.3 Å². The van der Waals surface area contributed by atoms with Crippen LogP contribution in [0.3, 0.4) is 0 Å². The van der Waals surface area contributed by atoms with Gasteiger partial charge in [-0.05, 0) is 23.6 Å². The van der Waals surface area contributed by atoms with E-state index in [0.717, 1.165) is 22.1 Å². The van der Waals surface area contributed by atoms with Gasteiger partial charge in [0.2, 0.25) is 0 Å². The van der Waals surface area contributed by atoms with Crippen LogP contribution in [-0.2, 0) is 0 Å². The summed E-state index contributed by atoms with van der Waals surface area (Å²) < 4.78 is 0. The molecule has 0 aliphatic rings. The first kappa shape index (κ1) is 15.6. The number of hydrogen-bond acceptors (Lipinski definition) is 2. The summed E-state index contributed by atoms with van der Waals surface area (Å²) in [4.78, 5) is 14.4. The van der Waals surface area contributed by atoms with Crippen LogP contribution in [0.15, 0.2) is 72.8 Å². The van der Waals surface area contributed by atoms with Crippen LogP contribution in [0.1, 0.15) is 6.42 Å². The number of benzene rings is 3. The highest BCUT2D eigenvalue weighted by molar-refractivity contribution is 6.07. The summed E-state index contributed by atoms with van der Waals surface area (Å²) in [6.45, 7) is 0.344. The van der Waals surface area contributed by atoms with E-state index < -0.39 is 0 Å². The van der Waals surface area contributed by atoms with E-state index in [1.807, 2.05) is 72.8 Å². The van der Waals surface area contributed by atoms with Crippen LogP contribution in [0.5, 0.6) is 0 Å². The van der Waals surface area contributed by atoms with Crippen LogP contribution in [0.4, 0.5) is 16.2 Å². The van der Waals surface area contributed by atoms with Crippen molar-refractivity contribution in [2.24, 2.45) is 0 Å². The predicted octanol–water partition coefficient (Wildman–Crippen LogP) is 4.79. The number of anilines is 2. The summed E-state index contributed by atoms with van der Waals surface area (Å²) in [6.07, 6.45) is 0.276. The van der Waals surface area contributed by atoms with Crippen LogP contribution >= 0.6 is 0 Å². The van der Waals surface area contributed by atoms with E-state index in [-0.39, 0.29) is 12.5 Å². The van der Waals surface area contributed by atoms with E-state index in [4.69, 9.17) is 5.26 Å². The lowest BCUT2D eigenvalue weighted by atomic mass is 10.1. The molecule has 0 unspecified atom stereocenters. The molecule has 0 atom stereocenters. The molecular weight excluding hydrogens is 298 g/mol. The van der Waals surface area contributed by atoms with Crippen LogP contribution in [-0.4, -0.2) is 12.6 Å². The molecule has 24 heavy (non-hydrogen) atoms. The molecule has 0 aliphatic heterocycles. The third kappa shape index (κ3) is 3.36. The zero-order chi connectivity index (χ0) is 16.8. The number of nitrogens with zero attached hydrogens (tertiary/aromatic N) is 2. The molecule has 2 amide bonds. The molecule has 4 heteroatoms. The molecule has 0 aliphatic carbocycles. The maximum absolute atomic E-state index is 12.8. The third-order valence-electron chi connectivity index (χ3n) is 3.79. The second-order valence-electron chi connectivity index (χ2n) is 5.35. The number of rotatable bonds is 4. The molecule has 3 aromatic carbocycles. The zero-order valence-electron chi connectivity index (χ0n) is 13.1. The molecule has 0 saturated carbocycles. The quantitative estimate of drug-likeness (QED) is 0.752. The molecule has 0 aromatic heterocycles. The van der Waals surface area contributed by atoms with E-state index in [9.17, 15) is 4.79 Å². The van der Waals surface area contributed by atoms with Crippen molar-refractivity contribution in [3.8, 4) is 6.07 Å². The van der Waals surface area contributed by atoms with Gasteiger partial charge in [-0.1, -0.05) is 54.6 Å². The lowest BCUT2D eigenvalue weighted by Crippen LogP contribution is -2.35. The third-order valence-corrected chi connectivity index (χ3v) is 3.79. The van der Waals surface area contributed by atoms with Crippen LogP contribution in [0.25, 0.3) is 10.8 Å². The number of hydrogen-bond donors (Lipinski definition) is 1. The summed E-state index contributed by atoms with van der Waals surface area (Å²) in [5, 5.41) is 13.9. The molecule has 1 N–H and O–H groups in total. The lowest BCUT2D eigenvalue weighted by molar-refractivity contribution is 0.257. The Bertz CT molecular complexity index is 879. The van der Waals surface area contributed by atoms with Gasteiger partial charge in [-0.2, -0.15) is 5.26 Å². The molecule has 0 heterocycles. The Kier molecular flexibility index (Phi) is 4.73. The first-order valence-electron chi connectivity index (χ1n) is 7.78. The summed E-state index contributed by atoms with van der Waals surface area (Å²) >= 11 is 0. The normalized spacial score (nSPS) is 10.1. The number of amides is 2. The maximum atomic E-state index is 12.8. The van der Waals surface area contributed by atoms with Crippen molar-refractivity contribution in [1.82, 2.24) is 0 Å². The minimum Gasteiger partial charge on any atom is -0.307 e. The Labute approximate surface area is 140 Å². The highest BCUT2D eigenvalue weighted by Crippen LogP contribution is 2.24. The number of fused-ring (bicyclic) bond motifs is 1. The highest BCUT2D eigenvalue weighted by atomic mass is 16.2. The molecule has 4 nitrogen and oxygen atoms in total. The van der Waals surface area contributed by atoms with Gasteiger partial charge in [0.05, 0.1) is 18.2 Å². The minimum atomic E-state index is -0.243. The van der Waals surface area contributed by atoms with Crippen molar-refractivity contribution < 1.29 is 4.79 Å². The Morgan fingerprint density at radius 2 is 1.67 bits per heavy atom. The van der Waals surface area contributed by atoms with Crippen molar-refractivity contribution in [3.63, 3.8) is 0 Å². The van der Waals surface area contributed by atoms with Crippen molar-refractivity contribution in [2.75, 3.05) is 16.8 Å². The molecule has 0 spiro atoms. The van der Waals surface area contributed by atoms with Gasteiger partial charge in [0.1, 0.15) is 0 Å². The van der Waals surface area contributed by atoms with Crippen molar-refractivity contribution in [1.29, 1.82) is 5.26 Å². The number of urea groups is 1. The van der Waals surface area contributed by atoms with Gasteiger partial charge in [-0.25, -0.2) is 4.79 Å².